The van der Waals surface area contributed by atoms with Gasteiger partial charge in [-0.1, -0.05) is 30.3 Å². The first-order valence-corrected chi connectivity index (χ1v) is 9.69. The molecule has 2 aromatic carbocycles. The molecule has 4 rings (SSSR count). The van der Waals surface area contributed by atoms with Gasteiger partial charge in [0.15, 0.2) is 0 Å². The Balaban J connectivity index is 1.27. The van der Waals surface area contributed by atoms with Crippen LogP contribution in [0.3, 0.4) is 0 Å². The Morgan fingerprint density at radius 2 is 1.61 bits per heavy atom. The standard InChI is InChI=1S/C22H23F3N2O/c23-22(24,25)16-8-6-15(7-9-16)19-14-20(19)21(28)26-17-10-12-27(13-11-17)18-4-2-1-3-5-18/h1-9,17,19-20H,10-14H2,(H,26,28). The number of amides is 1. The maximum absolute atomic E-state index is 12.7. The second kappa shape index (κ2) is 7.49. The van der Waals surface area contributed by atoms with Crippen molar-refractivity contribution in [2.75, 3.05) is 18.0 Å². The van der Waals surface area contributed by atoms with Crippen LogP contribution in [0.5, 0.6) is 0 Å². The smallest absolute Gasteiger partial charge is 0.371 e. The summed E-state index contributed by atoms with van der Waals surface area (Å²) >= 11 is 0. The Bertz CT molecular complexity index is 812. The lowest BCUT2D eigenvalue weighted by Crippen LogP contribution is -2.45. The maximum atomic E-state index is 12.7. The van der Waals surface area contributed by atoms with E-state index in [0.717, 1.165) is 43.6 Å². The van der Waals surface area contributed by atoms with E-state index in [1.807, 2.05) is 18.2 Å². The number of piperidine rings is 1. The van der Waals surface area contributed by atoms with Gasteiger partial charge in [-0.2, -0.15) is 13.2 Å². The zero-order valence-corrected chi connectivity index (χ0v) is 15.5. The van der Waals surface area contributed by atoms with Gasteiger partial charge < -0.3 is 10.2 Å². The number of rotatable bonds is 4. The lowest BCUT2D eigenvalue weighted by Gasteiger charge is -2.34. The number of carbonyl (C=O) groups excluding carboxylic acids is 1. The van der Waals surface area contributed by atoms with Crippen LogP contribution in [0.1, 0.15) is 36.3 Å². The van der Waals surface area contributed by atoms with E-state index in [2.05, 4.69) is 22.3 Å². The van der Waals surface area contributed by atoms with Crippen molar-refractivity contribution >= 4 is 11.6 Å². The fourth-order valence-electron chi connectivity index (χ4n) is 4.00. The van der Waals surface area contributed by atoms with Gasteiger partial charge in [0.05, 0.1) is 5.56 Å². The second-order valence-corrected chi connectivity index (χ2v) is 7.67. The molecule has 28 heavy (non-hydrogen) atoms. The van der Waals surface area contributed by atoms with Gasteiger partial charge in [0.2, 0.25) is 5.91 Å². The number of nitrogens with one attached hydrogen (secondary N) is 1. The fraction of sp³-hybridized carbons (Fsp3) is 0.409. The predicted octanol–water partition coefficient (Wildman–Crippen LogP) is 4.59. The minimum Gasteiger partial charge on any atom is -0.371 e. The average Bonchev–Trinajstić information content (AvgIpc) is 3.50. The van der Waals surface area contributed by atoms with E-state index >= 15 is 0 Å². The van der Waals surface area contributed by atoms with E-state index < -0.39 is 11.7 Å². The van der Waals surface area contributed by atoms with Crippen molar-refractivity contribution in [1.82, 2.24) is 5.32 Å². The molecule has 148 valence electrons. The molecule has 1 amide bonds. The number of nitrogens with zero attached hydrogens (tertiary/aromatic N) is 1. The molecule has 6 heteroatoms. The van der Waals surface area contributed by atoms with Gasteiger partial charge in [-0.25, -0.2) is 0 Å². The largest absolute Gasteiger partial charge is 0.416 e. The summed E-state index contributed by atoms with van der Waals surface area (Å²) in [7, 11) is 0. The fourth-order valence-corrected chi connectivity index (χ4v) is 4.00. The highest BCUT2D eigenvalue weighted by molar-refractivity contribution is 5.83. The van der Waals surface area contributed by atoms with Crippen LogP contribution >= 0.6 is 0 Å². The maximum Gasteiger partial charge on any atom is 0.416 e. The summed E-state index contributed by atoms with van der Waals surface area (Å²) in [4.78, 5) is 14.9. The molecule has 1 N–H and O–H groups in total. The zero-order chi connectivity index (χ0) is 19.7. The van der Waals surface area contributed by atoms with E-state index in [1.54, 1.807) is 0 Å². The molecule has 0 bridgehead atoms. The predicted molar refractivity (Wildman–Crippen MR) is 102 cm³/mol. The SMILES string of the molecule is O=C(NC1CCN(c2ccccc2)CC1)C1CC1c1ccc(C(F)(F)F)cc1. The van der Waals surface area contributed by atoms with Crippen LogP contribution in [0.25, 0.3) is 0 Å². The first-order chi connectivity index (χ1) is 13.4. The van der Waals surface area contributed by atoms with Gasteiger partial charge >= 0.3 is 6.18 Å². The van der Waals surface area contributed by atoms with E-state index in [1.165, 1.54) is 17.8 Å². The zero-order valence-electron chi connectivity index (χ0n) is 15.5. The highest BCUT2D eigenvalue weighted by Crippen LogP contribution is 2.48. The summed E-state index contributed by atoms with van der Waals surface area (Å²) in [6.07, 6.45) is -1.82. The number of anilines is 1. The molecular formula is C22H23F3N2O. The molecule has 2 unspecified atom stereocenters. The quantitative estimate of drug-likeness (QED) is 0.831. The van der Waals surface area contributed by atoms with Gasteiger partial charge in [-0.3, -0.25) is 4.79 Å². The minimum atomic E-state index is -4.33. The lowest BCUT2D eigenvalue weighted by molar-refractivity contribution is -0.137. The van der Waals surface area contributed by atoms with Crippen LogP contribution in [0.15, 0.2) is 54.6 Å². The Labute approximate surface area is 162 Å². The molecule has 1 saturated carbocycles. The van der Waals surface area contributed by atoms with E-state index in [4.69, 9.17) is 0 Å². The van der Waals surface area contributed by atoms with Crippen molar-refractivity contribution in [2.24, 2.45) is 5.92 Å². The van der Waals surface area contributed by atoms with E-state index in [9.17, 15) is 18.0 Å². The first kappa shape index (κ1) is 18.8. The Hall–Kier alpha value is -2.50. The van der Waals surface area contributed by atoms with Gasteiger partial charge in [0.25, 0.3) is 0 Å². The Morgan fingerprint density at radius 1 is 0.964 bits per heavy atom. The summed E-state index contributed by atoms with van der Waals surface area (Å²) in [6.45, 7) is 1.81. The van der Waals surface area contributed by atoms with Crippen molar-refractivity contribution in [3.8, 4) is 0 Å². The highest BCUT2D eigenvalue weighted by Gasteiger charge is 2.44. The van der Waals surface area contributed by atoms with Crippen LogP contribution in [-0.2, 0) is 11.0 Å². The summed E-state index contributed by atoms with van der Waals surface area (Å²) < 4.78 is 38.0. The van der Waals surface area contributed by atoms with Crippen molar-refractivity contribution in [1.29, 1.82) is 0 Å². The van der Waals surface area contributed by atoms with Gasteiger partial charge in [-0.15, -0.1) is 0 Å². The van der Waals surface area contributed by atoms with Crippen LogP contribution < -0.4 is 10.2 Å². The molecule has 0 radical (unpaired) electrons. The number of alkyl halides is 3. The average molecular weight is 388 g/mol. The number of carbonyl (C=O) groups is 1. The molecule has 1 saturated heterocycles. The number of hydrogen-bond acceptors (Lipinski definition) is 2. The Kier molecular flexibility index (Phi) is 5.04. The lowest BCUT2D eigenvalue weighted by atomic mass is 10.0. The minimum absolute atomic E-state index is 0.0306. The third-order valence-electron chi connectivity index (χ3n) is 5.76. The molecule has 2 atom stereocenters. The third kappa shape index (κ3) is 4.16. The van der Waals surface area contributed by atoms with E-state index in [0.29, 0.717) is 6.42 Å². The third-order valence-corrected chi connectivity index (χ3v) is 5.76. The molecule has 1 heterocycles. The second-order valence-electron chi connectivity index (χ2n) is 7.67. The molecule has 3 nitrogen and oxygen atoms in total. The molecular weight excluding hydrogens is 365 g/mol. The topological polar surface area (TPSA) is 32.3 Å². The van der Waals surface area contributed by atoms with E-state index in [-0.39, 0.29) is 23.8 Å². The van der Waals surface area contributed by atoms with Crippen molar-refractivity contribution < 1.29 is 18.0 Å². The van der Waals surface area contributed by atoms with Crippen LogP contribution in [0.4, 0.5) is 18.9 Å². The normalized spacial score (nSPS) is 22.8. The molecule has 0 spiro atoms. The molecule has 1 aliphatic heterocycles. The number of halogens is 3. The van der Waals surface area contributed by atoms with Gasteiger partial charge in [0, 0.05) is 30.7 Å². The first-order valence-electron chi connectivity index (χ1n) is 9.69. The number of hydrogen-bond donors (Lipinski definition) is 1. The van der Waals surface area contributed by atoms with Crippen molar-refractivity contribution in [3.63, 3.8) is 0 Å². The van der Waals surface area contributed by atoms with Crippen molar-refractivity contribution in [2.45, 2.75) is 37.4 Å². The van der Waals surface area contributed by atoms with Gasteiger partial charge in [0.1, 0.15) is 0 Å². The molecule has 2 aromatic rings. The highest BCUT2D eigenvalue weighted by atomic mass is 19.4. The summed E-state index contributed by atoms with van der Waals surface area (Å²) in [5.74, 6) is -0.0568. The van der Waals surface area contributed by atoms with Crippen molar-refractivity contribution in [3.05, 3.63) is 65.7 Å². The number of para-hydroxylation sites is 1. The molecule has 2 aliphatic rings. The van der Waals surface area contributed by atoms with Crippen LogP contribution in [-0.4, -0.2) is 25.0 Å². The summed E-state index contributed by atoms with van der Waals surface area (Å²) in [5, 5.41) is 3.14. The molecule has 1 aliphatic carbocycles. The Morgan fingerprint density at radius 3 is 2.21 bits per heavy atom. The van der Waals surface area contributed by atoms with Crippen LogP contribution in [0, 0.1) is 5.92 Å². The summed E-state index contributed by atoms with van der Waals surface area (Å²) in [5.41, 5.74) is 1.37. The van der Waals surface area contributed by atoms with Gasteiger partial charge in [-0.05, 0) is 55.0 Å². The summed E-state index contributed by atoms with van der Waals surface area (Å²) in [6, 6.07) is 15.6. The monoisotopic (exact) mass is 388 g/mol. The molecule has 0 aromatic heterocycles. The number of benzene rings is 2. The van der Waals surface area contributed by atoms with Crippen LogP contribution in [0.2, 0.25) is 0 Å². The molecule has 2 fully saturated rings.